The molecule has 156 valence electrons. The van der Waals surface area contributed by atoms with E-state index in [1.165, 1.54) is 41.7 Å². The number of hydrogen-bond acceptors (Lipinski definition) is 5. The second-order valence-electron chi connectivity index (χ2n) is 6.77. The zero-order valence-electron chi connectivity index (χ0n) is 16.0. The lowest BCUT2D eigenvalue weighted by atomic mass is 10.1. The summed E-state index contributed by atoms with van der Waals surface area (Å²) in [5.74, 6) is -0.578. The average molecular weight is 448 g/mol. The molecule has 0 saturated carbocycles. The summed E-state index contributed by atoms with van der Waals surface area (Å²) in [6.45, 7) is 0.330. The fourth-order valence-corrected chi connectivity index (χ4v) is 4.00. The Labute approximate surface area is 182 Å². The smallest absolute Gasteiger partial charge is 0.269 e. The van der Waals surface area contributed by atoms with Crippen molar-refractivity contribution < 1.29 is 14.1 Å². The van der Waals surface area contributed by atoms with Gasteiger partial charge in [0.1, 0.15) is 5.82 Å². The van der Waals surface area contributed by atoms with Gasteiger partial charge < -0.3 is 5.32 Å². The number of benzene rings is 2. The summed E-state index contributed by atoms with van der Waals surface area (Å²) in [6, 6.07) is 13.6. The van der Waals surface area contributed by atoms with Gasteiger partial charge in [-0.1, -0.05) is 29.8 Å². The molecule has 6 nitrogen and oxygen atoms in total. The summed E-state index contributed by atoms with van der Waals surface area (Å²) >= 11 is 7.64. The lowest BCUT2D eigenvalue weighted by molar-refractivity contribution is -0.384. The van der Waals surface area contributed by atoms with E-state index in [1.54, 1.807) is 24.1 Å². The van der Waals surface area contributed by atoms with Crippen LogP contribution in [-0.2, 0) is 11.3 Å². The van der Waals surface area contributed by atoms with Crippen molar-refractivity contribution >= 4 is 34.5 Å². The first kappa shape index (κ1) is 21.9. The topological polar surface area (TPSA) is 75.5 Å². The maximum absolute atomic E-state index is 13.3. The first-order valence-corrected chi connectivity index (χ1v) is 10.3. The largest absolute Gasteiger partial charge is 0.343 e. The predicted octanol–water partition coefficient (Wildman–Crippen LogP) is 4.79. The van der Waals surface area contributed by atoms with Crippen molar-refractivity contribution in [2.45, 2.75) is 12.6 Å². The number of hydrogen-bond donors (Lipinski definition) is 1. The number of halogens is 2. The van der Waals surface area contributed by atoms with Gasteiger partial charge in [-0.2, -0.15) is 0 Å². The van der Waals surface area contributed by atoms with Crippen LogP contribution >= 0.6 is 22.9 Å². The fourth-order valence-electron chi connectivity index (χ4n) is 3.02. The molecule has 1 unspecified atom stereocenters. The molecule has 0 spiro atoms. The standard InChI is InChI=1S/C21H19ClFN3O3S/c1-25(12-15-11-17(26(28)29)8-9-18(15)22)13-20(27)24-21(19-3-2-10-30-19)14-4-6-16(23)7-5-14/h2-11,21H,12-13H2,1H3,(H,24,27). The van der Waals surface area contributed by atoms with Gasteiger partial charge >= 0.3 is 0 Å². The summed E-state index contributed by atoms with van der Waals surface area (Å²) in [6.07, 6.45) is 0. The maximum atomic E-state index is 13.3. The zero-order chi connectivity index (χ0) is 21.7. The summed E-state index contributed by atoms with van der Waals surface area (Å²) in [4.78, 5) is 25.8. The Morgan fingerprint density at radius 3 is 2.63 bits per heavy atom. The molecule has 3 aromatic rings. The van der Waals surface area contributed by atoms with E-state index in [9.17, 15) is 19.3 Å². The molecular formula is C21H19ClFN3O3S. The lowest BCUT2D eigenvalue weighted by Crippen LogP contribution is -2.37. The summed E-state index contributed by atoms with van der Waals surface area (Å²) < 4.78 is 13.3. The third-order valence-electron chi connectivity index (χ3n) is 4.43. The van der Waals surface area contributed by atoms with Gasteiger partial charge in [-0.3, -0.25) is 19.8 Å². The molecule has 1 amide bonds. The number of carbonyl (C=O) groups is 1. The van der Waals surface area contributed by atoms with Crippen LogP contribution < -0.4 is 5.32 Å². The number of thiophene rings is 1. The van der Waals surface area contributed by atoms with Crippen molar-refractivity contribution in [1.82, 2.24) is 10.2 Å². The molecule has 1 N–H and O–H groups in total. The van der Waals surface area contributed by atoms with E-state index < -0.39 is 11.0 Å². The molecule has 30 heavy (non-hydrogen) atoms. The third kappa shape index (κ3) is 5.63. The van der Waals surface area contributed by atoms with E-state index in [0.29, 0.717) is 10.6 Å². The number of carbonyl (C=O) groups excluding carboxylic acids is 1. The Kier molecular flexibility index (Phi) is 7.15. The van der Waals surface area contributed by atoms with Crippen molar-refractivity contribution in [1.29, 1.82) is 0 Å². The van der Waals surface area contributed by atoms with Crippen LogP contribution in [0.15, 0.2) is 60.0 Å². The van der Waals surface area contributed by atoms with Gasteiger partial charge in [0, 0.05) is 28.6 Å². The van der Waals surface area contributed by atoms with Gasteiger partial charge in [0.05, 0.1) is 17.5 Å². The van der Waals surface area contributed by atoms with Gasteiger partial charge in [0.25, 0.3) is 5.69 Å². The number of nitro benzene ring substituents is 1. The van der Waals surface area contributed by atoms with E-state index >= 15 is 0 Å². The van der Waals surface area contributed by atoms with Gasteiger partial charge in [0.2, 0.25) is 5.91 Å². The monoisotopic (exact) mass is 447 g/mol. The second-order valence-corrected chi connectivity index (χ2v) is 8.16. The normalized spacial score (nSPS) is 12.0. The van der Waals surface area contributed by atoms with Crippen molar-refractivity contribution in [2.75, 3.05) is 13.6 Å². The van der Waals surface area contributed by atoms with E-state index in [-0.39, 0.29) is 30.5 Å². The van der Waals surface area contributed by atoms with Crippen molar-refractivity contribution in [3.05, 3.63) is 96.9 Å². The maximum Gasteiger partial charge on any atom is 0.269 e. The highest BCUT2D eigenvalue weighted by atomic mass is 35.5. The number of nitrogens with one attached hydrogen (secondary N) is 1. The van der Waals surface area contributed by atoms with Crippen molar-refractivity contribution in [2.24, 2.45) is 0 Å². The quantitative estimate of drug-likeness (QED) is 0.398. The molecule has 9 heteroatoms. The average Bonchev–Trinajstić information content (AvgIpc) is 3.23. The molecular weight excluding hydrogens is 429 g/mol. The van der Waals surface area contributed by atoms with Crippen LogP contribution in [0.1, 0.15) is 22.0 Å². The first-order chi connectivity index (χ1) is 14.3. The molecule has 1 aromatic heterocycles. The lowest BCUT2D eigenvalue weighted by Gasteiger charge is -2.21. The summed E-state index contributed by atoms with van der Waals surface area (Å²) in [7, 11) is 1.73. The Bertz CT molecular complexity index is 1030. The van der Waals surface area contributed by atoms with E-state index in [2.05, 4.69) is 5.32 Å². The first-order valence-electron chi connectivity index (χ1n) is 9.03. The van der Waals surface area contributed by atoms with Crippen LogP contribution in [0.4, 0.5) is 10.1 Å². The van der Waals surface area contributed by atoms with Crippen LogP contribution in [0.5, 0.6) is 0 Å². The number of non-ortho nitro benzene ring substituents is 1. The molecule has 0 aliphatic rings. The highest BCUT2D eigenvalue weighted by Crippen LogP contribution is 2.26. The van der Waals surface area contributed by atoms with Crippen molar-refractivity contribution in [3.63, 3.8) is 0 Å². The predicted molar refractivity (Wildman–Crippen MR) is 115 cm³/mol. The SMILES string of the molecule is CN(CC(=O)NC(c1ccc(F)cc1)c1cccs1)Cc1cc([N+](=O)[O-])ccc1Cl. The molecule has 3 rings (SSSR count). The number of likely N-dealkylation sites (N-methyl/N-ethyl adjacent to an activating group) is 1. The minimum absolute atomic E-state index is 0.0543. The highest BCUT2D eigenvalue weighted by Gasteiger charge is 2.19. The zero-order valence-corrected chi connectivity index (χ0v) is 17.6. The Balaban J connectivity index is 1.69. The minimum Gasteiger partial charge on any atom is -0.343 e. The summed E-state index contributed by atoms with van der Waals surface area (Å²) in [5, 5.41) is 16.3. The van der Waals surface area contributed by atoms with E-state index in [4.69, 9.17) is 11.6 Å². The van der Waals surface area contributed by atoms with Crippen molar-refractivity contribution in [3.8, 4) is 0 Å². The van der Waals surface area contributed by atoms with Gasteiger partial charge in [-0.05, 0) is 47.8 Å². The fraction of sp³-hybridized carbons (Fsp3) is 0.190. The van der Waals surface area contributed by atoms with Crippen LogP contribution in [-0.4, -0.2) is 29.3 Å². The van der Waals surface area contributed by atoms with Gasteiger partial charge in [-0.15, -0.1) is 11.3 Å². The molecule has 0 aliphatic carbocycles. The number of nitro groups is 1. The van der Waals surface area contributed by atoms with E-state index in [0.717, 1.165) is 10.4 Å². The van der Waals surface area contributed by atoms with Crippen LogP contribution in [0.2, 0.25) is 5.02 Å². The van der Waals surface area contributed by atoms with Crippen LogP contribution in [0.3, 0.4) is 0 Å². The van der Waals surface area contributed by atoms with Gasteiger partial charge in [0.15, 0.2) is 0 Å². The van der Waals surface area contributed by atoms with E-state index in [1.807, 2.05) is 17.5 Å². The molecule has 0 aliphatic heterocycles. The molecule has 1 atom stereocenters. The van der Waals surface area contributed by atoms with Crippen LogP contribution in [0.25, 0.3) is 0 Å². The summed E-state index contributed by atoms with van der Waals surface area (Å²) in [5.41, 5.74) is 1.28. The number of rotatable bonds is 8. The highest BCUT2D eigenvalue weighted by molar-refractivity contribution is 7.10. The Hall–Kier alpha value is -2.81. The molecule has 2 aromatic carbocycles. The molecule has 0 saturated heterocycles. The molecule has 0 radical (unpaired) electrons. The Morgan fingerprint density at radius 2 is 2.00 bits per heavy atom. The Morgan fingerprint density at radius 1 is 1.27 bits per heavy atom. The second kappa shape index (κ2) is 9.80. The van der Waals surface area contributed by atoms with Crippen LogP contribution in [0, 0.1) is 15.9 Å². The molecule has 0 bridgehead atoms. The number of amides is 1. The van der Waals surface area contributed by atoms with Gasteiger partial charge in [-0.25, -0.2) is 4.39 Å². The minimum atomic E-state index is -0.485. The number of nitrogens with zero attached hydrogens (tertiary/aromatic N) is 2. The molecule has 0 fully saturated rings. The third-order valence-corrected chi connectivity index (χ3v) is 5.74. The molecule has 1 heterocycles.